The molecule has 0 saturated carbocycles. The third-order valence-electron chi connectivity index (χ3n) is 5.92. The van der Waals surface area contributed by atoms with Crippen molar-refractivity contribution in [3.8, 4) is 11.1 Å². The van der Waals surface area contributed by atoms with Crippen molar-refractivity contribution >= 4 is 18.2 Å². The normalized spacial score (nSPS) is 10.9. The number of hydrogen-bond acceptors (Lipinski definition) is 4. The van der Waals surface area contributed by atoms with E-state index in [0.717, 1.165) is 35.0 Å². The standard InChI is InChI=1S/C27H30N2O5/c1-3-5-11-23-24(18-30)29(25(31)12-6-4-2)27(34)28(23)17-19-13-15-20(16-14-19)21-9-7-8-10-22(21)26(32)33/h7-10,13-16,18H,3-6,11-12,17H2,1-2H3,(H,32,33). The molecular weight excluding hydrogens is 432 g/mol. The lowest BCUT2D eigenvalue weighted by atomic mass is 9.99. The molecule has 0 saturated heterocycles. The molecule has 2 aromatic carbocycles. The maximum atomic E-state index is 13.2. The van der Waals surface area contributed by atoms with E-state index in [0.29, 0.717) is 30.4 Å². The van der Waals surface area contributed by atoms with E-state index in [-0.39, 0.29) is 30.1 Å². The average molecular weight is 463 g/mol. The molecule has 0 fully saturated rings. The minimum Gasteiger partial charge on any atom is -0.478 e. The molecule has 0 aliphatic heterocycles. The van der Waals surface area contributed by atoms with Gasteiger partial charge in [0.15, 0.2) is 6.29 Å². The molecule has 34 heavy (non-hydrogen) atoms. The number of aldehydes is 1. The first-order chi connectivity index (χ1) is 16.4. The van der Waals surface area contributed by atoms with E-state index in [1.165, 1.54) is 4.57 Å². The largest absolute Gasteiger partial charge is 0.478 e. The van der Waals surface area contributed by atoms with Gasteiger partial charge in [-0.05, 0) is 42.0 Å². The molecule has 0 atom stereocenters. The molecule has 7 nitrogen and oxygen atoms in total. The van der Waals surface area contributed by atoms with Gasteiger partial charge in [0, 0.05) is 6.42 Å². The highest BCUT2D eigenvalue weighted by Gasteiger charge is 2.23. The monoisotopic (exact) mass is 462 g/mol. The maximum absolute atomic E-state index is 13.2. The molecule has 0 aliphatic carbocycles. The second kappa shape index (κ2) is 11.4. The zero-order valence-corrected chi connectivity index (χ0v) is 19.6. The quantitative estimate of drug-likeness (QED) is 0.402. The first-order valence-electron chi connectivity index (χ1n) is 11.7. The summed E-state index contributed by atoms with van der Waals surface area (Å²) in [6.07, 6.45) is 4.50. The van der Waals surface area contributed by atoms with E-state index in [4.69, 9.17) is 0 Å². The summed E-state index contributed by atoms with van der Waals surface area (Å²) in [6, 6.07) is 14.1. The molecule has 1 heterocycles. The number of aromatic nitrogens is 2. The summed E-state index contributed by atoms with van der Waals surface area (Å²) in [5, 5.41) is 9.46. The minimum atomic E-state index is -0.998. The molecule has 1 N–H and O–H groups in total. The van der Waals surface area contributed by atoms with Gasteiger partial charge in [0.2, 0.25) is 5.91 Å². The number of carboxylic acid groups (broad SMARTS) is 1. The van der Waals surface area contributed by atoms with Crippen molar-refractivity contribution in [1.82, 2.24) is 9.13 Å². The number of unbranched alkanes of at least 4 members (excludes halogenated alkanes) is 2. The van der Waals surface area contributed by atoms with Gasteiger partial charge in [-0.25, -0.2) is 14.2 Å². The predicted octanol–water partition coefficient (Wildman–Crippen LogP) is 5.05. The molecule has 7 heteroatoms. The molecule has 0 aliphatic rings. The Hall–Kier alpha value is -3.74. The van der Waals surface area contributed by atoms with E-state index >= 15 is 0 Å². The van der Waals surface area contributed by atoms with Crippen LogP contribution in [0.3, 0.4) is 0 Å². The molecule has 0 radical (unpaired) electrons. The summed E-state index contributed by atoms with van der Waals surface area (Å²) >= 11 is 0. The van der Waals surface area contributed by atoms with E-state index in [9.17, 15) is 24.3 Å². The van der Waals surface area contributed by atoms with Crippen LogP contribution < -0.4 is 5.69 Å². The lowest BCUT2D eigenvalue weighted by molar-refractivity contribution is 0.0697. The highest BCUT2D eigenvalue weighted by atomic mass is 16.4. The van der Waals surface area contributed by atoms with Crippen LogP contribution in [0.25, 0.3) is 11.1 Å². The van der Waals surface area contributed by atoms with Crippen molar-refractivity contribution < 1.29 is 19.5 Å². The lowest BCUT2D eigenvalue weighted by Crippen LogP contribution is -2.30. The van der Waals surface area contributed by atoms with Gasteiger partial charge in [-0.2, -0.15) is 0 Å². The Morgan fingerprint density at radius 1 is 0.971 bits per heavy atom. The molecular formula is C27H30N2O5. The summed E-state index contributed by atoms with van der Waals surface area (Å²) in [4.78, 5) is 49.4. The first kappa shape index (κ1) is 24.9. The van der Waals surface area contributed by atoms with Gasteiger partial charge < -0.3 is 5.11 Å². The van der Waals surface area contributed by atoms with Crippen LogP contribution in [0.15, 0.2) is 53.3 Å². The van der Waals surface area contributed by atoms with Crippen molar-refractivity contribution in [3.63, 3.8) is 0 Å². The van der Waals surface area contributed by atoms with Gasteiger partial charge in [-0.15, -0.1) is 0 Å². The maximum Gasteiger partial charge on any atom is 0.336 e. The third-order valence-corrected chi connectivity index (χ3v) is 5.92. The summed E-state index contributed by atoms with van der Waals surface area (Å²) in [5.41, 5.74) is 2.62. The van der Waals surface area contributed by atoms with Crippen LogP contribution in [-0.2, 0) is 13.0 Å². The number of aromatic carboxylic acids is 1. The van der Waals surface area contributed by atoms with Crippen LogP contribution in [0.2, 0.25) is 0 Å². The second-order valence-electron chi connectivity index (χ2n) is 8.30. The van der Waals surface area contributed by atoms with Gasteiger partial charge in [0.1, 0.15) is 5.69 Å². The smallest absolute Gasteiger partial charge is 0.336 e. The first-order valence-corrected chi connectivity index (χ1v) is 11.7. The topological polar surface area (TPSA) is 98.4 Å². The average Bonchev–Trinajstić information content (AvgIpc) is 3.11. The van der Waals surface area contributed by atoms with Crippen molar-refractivity contribution in [2.24, 2.45) is 0 Å². The summed E-state index contributed by atoms with van der Waals surface area (Å²) in [6.45, 7) is 4.21. The van der Waals surface area contributed by atoms with E-state index in [1.54, 1.807) is 24.3 Å². The van der Waals surface area contributed by atoms with Crippen LogP contribution in [0.5, 0.6) is 0 Å². The van der Waals surface area contributed by atoms with E-state index in [1.807, 2.05) is 38.1 Å². The van der Waals surface area contributed by atoms with Gasteiger partial charge in [0.05, 0.1) is 17.8 Å². The number of carbonyl (C=O) groups excluding carboxylic acids is 2. The summed E-state index contributed by atoms with van der Waals surface area (Å²) < 4.78 is 2.55. The number of carbonyl (C=O) groups is 3. The van der Waals surface area contributed by atoms with Crippen LogP contribution >= 0.6 is 0 Å². The van der Waals surface area contributed by atoms with Gasteiger partial charge in [-0.1, -0.05) is 69.2 Å². The number of rotatable bonds is 11. The number of nitrogens with zero attached hydrogens (tertiary/aromatic N) is 2. The molecule has 3 rings (SSSR count). The fourth-order valence-corrected chi connectivity index (χ4v) is 4.07. The fraction of sp³-hybridized carbons (Fsp3) is 0.333. The molecule has 3 aromatic rings. The number of imidazole rings is 1. The van der Waals surface area contributed by atoms with Crippen LogP contribution in [0.1, 0.15) is 82.8 Å². The van der Waals surface area contributed by atoms with Gasteiger partial charge >= 0.3 is 11.7 Å². The van der Waals surface area contributed by atoms with Crippen molar-refractivity contribution in [1.29, 1.82) is 0 Å². The molecule has 0 bridgehead atoms. The highest BCUT2D eigenvalue weighted by Crippen LogP contribution is 2.24. The zero-order valence-electron chi connectivity index (χ0n) is 19.6. The molecule has 0 amide bonds. The Balaban J connectivity index is 1.99. The number of hydrogen-bond donors (Lipinski definition) is 1. The summed E-state index contributed by atoms with van der Waals surface area (Å²) in [7, 11) is 0. The molecule has 1 aromatic heterocycles. The second-order valence-corrected chi connectivity index (χ2v) is 8.30. The van der Waals surface area contributed by atoms with Crippen molar-refractivity contribution in [2.75, 3.05) is 0 Å². The van der Waals surface area contributed by atoms with Crippen LogP contribution in [0.4, 0.5) is 0 Å². The Morgan fingerprint density at radius 2 is 1.65 bits per heavy atom. The highest BCUT2D eigenvalue weighted by molar-refractivity contribution is 5.96. The Labute approximate surface area is 198 Å². The number of carboxylic acids is 1. The summed E-state index contributed by atoms with van der Waals surface area (Å²) in [5.74, 6) is -1.35. The Morgan fingerprint density at radius 3 is 2.26 bits per heavy atom. The molecule has 0 spiro atoms. The predicted molar refractivity (Wildman–Crippen MR) is 131 cm³/mol. The van der Waals surface area contributed by atoms with Gasteiger partial charge in [0.25, 0.3) is 0 Å². The van der Waals surface area contributed by atoms with Gasteiger partial charge in [-0.3, -0.25) is 14.2 Å². The Kier molecular flexibility index (Phi) is 8.35. The Bertz CT molecular complexity index is 1230. The van der Waals surface area contributed by atoms with Crippen molar-refractivity contribution in [3.05, 3.63) is 81.5 Å². The SMILES string of the molecule is CCCCC(=O)n1c(C=O)c(CCCC)n(Cc2ccc(-c3ccccc3C(=O)O)cc2)c1=O. The van der Waals surface area contributed by atoms with E-state index in [2.05, 4.69) is 0 Å². The zero-order chi connectivity index (χ0) is 24.7. The van der Waals surface area contributed by atoms with Crippen molar-refractivity contribution in [2.45, 2.75) is 58.9 Å². The lowest BCUT2D eigenvalue weighted by Gasteiger charge is -2.10. The van der Waals surface area contributed by atoms with E-state index < -0.39 is 11.7 Å². The molecule has 178 valence electrons. The third kappa shape index (κ3) is 5.25. The number of benzene rings is 2. The van der Waals surface area contributed by atoms with Crippen LogP contribution in [0, 0.1) is 0 Å². The minimum absolute atomic E-state index is 0.145. The molecule has 0 unspecified atom stereocenters. The fourth-order valence-electron chi connectivity index (χ4n) is 4.07. The van der Waals surface area contributed by atoms with Crippen LogP contribution in [-0.4, -0.2) is 32.4 Å².